The van der Waals surface area contributed by atoms with E-state index in [2.05, 4.69) is 20.7 Å². The maximum Gasteiger partial charge on any atom is 0.230 e. The van der Waals surface area contributed by atoms with Crippen molar-refractivity contribution in [3.8, 4) is 0 Å². The number of aromatic nitrogens is 3. The van der Waals surface area contributed by atoms with Crippen molar-refractivity contribution >= 4 is 47.5 Å². The first-order chi connectivity index (χ1) is 12.5. The van der Waals surface area contributed by atoms with Crippen molar-refractivity contribution < 1.29 is 4.79 Å². The Morgan fingerprint density at radius 2 is 1.89 bits per heavy atom. The Morgan fingerprint density at radius 1 is 1.22 bits per heavy atom. The number of aryl methyl sites for hydroxylation is 1. The summed E-state index contributed by atoms with van der Waals surface area (Å²) in [5, 5.41) is 12.0. The van der Waals surface area contributed by atoms with E-state index in [1.165, 1.54) is 0 Å². The molecule has 0 radical (unpaired) electrons. The van der Waals surface area contributed by atoms with Crippen molar-refractivity contribution in [1.82, 2.24) is 20.1 Å². The van der Waals surface area contributed by atoms with Gasteiger partial charge in [-0.2, -0.15) is 10.1 Å². The fourth-order valence-corrected chi connectivity index (χ4v) is 4.15. The van der Waals surface area contributed by atoms with Crippen LogP contribution in [0.25, 0.3) is 0 Å². The van der Waals surface area contributed by atoms with Crippen LogP contribution < -0.4 is 10.6 Å². The van der Waals surface area contributed by atoms with E-state index >= 15 is 0 Å². The Labute approximate surface area is 174 Å². The number of amides is 1. The summed E-state index contributed by atoms with van der Waals surface area (Å²) < 4.78 is 1.66. The molecule has 2 unspecified atom stereocenters. The van der Waals surface area contributed by atoms with E-state index in [0.29, 0.717) is 21.9 Å². The Bertz CT molecular complexity index is 814. The molecule has 0 spiro atoms. The highest BCUT2D eigenvalue weighted by molar-refractivity contribution is 6.34. The van der Waals surface area contributed by atoms with Crippen molar-refractivity contribution in [2.24, 2.45) is 13.0 Å². The lowest BCUT2D eigenvalue weighted by Crippen LogP contribution is -2.27. The summed E-state index contributed by atoms with van der Waals surface area (Å²) >= 11 is 12.1. The Hall–Kier alpha value is -1.34. The molecular weight excluding hydrogens is 409 g/mol. The topological polar surface area (TPSA) is 71.8 Å². The average Bonchev–Trinajstić information content (AvgIpc) is 3.34. The fourth-order valence-electron chi connectivity index (χ4n) is 3.61. The number of hydrogen-bond donors (Lipinski definition) is 2. The van der Waals surface area contributed by atoms with Crippen LogP contribution in [-0.4, -0.2) is 33.8 Å². The number of nitrogens with zero attached hydrogens (tertiary/aromatic N) is 3. The number of anilines is 1. The molecule has 1 saturated heterocycles. The predicted octanol–water partition coefficient (Wildman–Crippen LogP) is 3.75. The molecule has 2 aliphatic rings. The summed E-state index contributed by atoms with van der Waals surface area (Å²) in [4.78, 5) is 17.2. The van der Waals surface area contributed by atoms with Gasteiger partial charge in [0, 0.05) is 28.9 Å². The third-order valence-electron chi connectivity index (χ3n) is 5.16. The number of carbonyl (C=O) groups is 1. The van der Waals surface area contributed by atoms with Gasteiger partial charge in [0.2, 0.25) is 11.9 Å². The molecule has 1 aliphatic heterocycles. The lowest BCUT2D eigenvalue weighted by molar-refractivity contribution is -0.117. The van der Waals surface area contributed by atoms with E-state index in [0.717, 1.165) is 43.7 Å². The predicted molar refractivity (Wildman–Crippen MR) is 109 cm³/mol. The zero-order valence-corrected chi connectivity index (χ0v) is 17.2. The number of hydrogen-bond acceptors (Lipinski definition) is 4. The number of benzene rings is 1. The van der Waals surface area contributed by atoms with Gasteiger partial charge in [-0.1, -0.05) is 23.2 Å². The summed E-state index contributed by atoms with van der Waals surface area (Å²) in [5.41, 5.74) is 1.01. The van der Waals surface area contributed by atoms with Gasteiger partial charge < -0.3 is 5.32 Å². The molecule has 146 valence electrons. The summed E-state index contributed by atoms with van der Waals surface area (Å²) in [7, 11) is 1.81. The molecule has 6 nitrogen and oxygen atoms in total. The van der Waals surface area contributed by atoms with E-state index in [1.54, 1.807) is 10.7 Å². The number of piperidine rings is 1. The molecule has 1 aliphatic carbocycles. The summed E-state index contributed by atoms with van der Waals surface area (Å²) in [6.45, 7) is 1.97. The SMILES string of the molecule is Cl.Cn1nc(C2CCNCC2)nc1NC(=O)C1CC1c1cc(Cl)cc(Cl)c1. The molecule has 0 bridgehead atoms. The minimum Gasteiger partial charge on any atom is -0.317 e. The van der Waals surface area contributed by atoms with E-state index in [4.69, 9.17) is 23.2 Å². The molecule has 9 heteroatoms. The number of rotatable bonds is 4. The van der Waals surface area contributed by atoms with Gasteiger partial charge in [0.15, 0.2) is 5.82 Å². The van der Waals surface area contributed by atoms with Gasteiger partial charge in [-0.25, -0.2) is 4.68 Å². The van der Waals surface area contributed by atoms with Gasteiger partial charge in [-0.15, -0.1) is 12.4 Å². The highest BCUT2D eigenvalue weighted by Crippen LogP contribution is 2.49. The average molecular weight is 431 g/mol. The van der Waals surface area contributed by atoms with Crippen LogP contribution in [0, 0.1) is 5.92 Å². The Morgan fingerprint density at radius 3 is 2.56 bits per heavy atom. The molecule has 2 N–H and O–H groups in total. The van der Waals surface area contributed by atoms with Crippen LogP contribution in [0.3, 0.4) is 0 Å². The minimum absolute atomic E-state index is 0. The van der Waals surface area contributed by atoms with Crippen LogP contribution in [0.2, 0.25) is 10.0 Å². The van der Waals surface area contributed by atoms with Crippen molar-refractivity contribution in [3.63, 3.8) is 0 Å². The second-order valence-corrected chi connectivity index (χ2v) is 7.96. The molecule has 2 heterocycles. The largest absolute Gasteiger partial charge is 0.317 e. The molecule has 1 aromatic carbocycles. The molecule has 2 aromatic rings. The van der Waals surface area contributed by atoms with Crippen molar-refractivity contribution in [1.29, 1.82) is 0 Å². The van der Waals surface area contributed by atoms with Crippen LogP contribution in [0.5, 0.6) is 0 Å². The smallest absolute Gasteiger partial charge is 0.230 e. The Balaban J connectivity index is 0.00000210. The monoisotopic (exact) mass is 429 g/mol. The standard InChI is InChI=1S/C18H21Cl2N5O.ClH/c1-25-18(22-16(24-25)10-2-4-21-5-3-10)23-17(26)15-9-14(15)11-6-12(19)8-13(20)7-11;/h6-8,10,14-15,21H,2-5,9H2,1H3,(H,22,23,24,26);1H. The Kier molecular flexibility index (Phi) is 6.31. The first-order valence-corrected chi connectivity index (χ1v) is 9.65. The van der Waals surface area contributed by atoms with Crippen LogP contribution >= 0.6 is 35.6 Å². The summed E-state index contributed by atoms with van der Waals surface area (Å²) in [6, 6.07) is 5.46. The van der Waals surface area contributed by atoms with Gasteiger partial charge >= 0.3 is 0 Å². The normalized spacial score (nSPS) is 22.2. The molecule has 27 heavy (non-hydrogen) atoms. The van der Waals surface area contributed by atoms with Crippen LogP contribution in [0.4, 0.5) is 5.95 Å². The lowest BCUT2D eigenvalue weighted by atomic mass is 9.98. The summed E-state index contributed by atoms with van der Waals surface area (Å²) in [6.07, 6.45) is 2.84. The van der Waals surface area contributed by atoms with Crippen molar-refractivity contribution in [2.75, 3.05) is 18.4 Å². The van der Waals surface area contributed by atoms with Gasteiger partial charge in [0.25, 0.3) is 0 Å². The third-order valence-corrected chi connectivity index (χ3v) is 5.60. The van der Waals surface area contributed by atoms with Crippen LogP contribution in [0.1, 0.15) is 42.5 Å². The maximum absolute atomic E-state index is 12.6. The van der Waals surface area contributed by atoms with Gasteiger partial charge in [-0.3, -0.25) is 10.1 Å². The zero-order chi connectivity index (χ0) is 18.3. The van der Waals surface area contributed by atoms with E-state index in [9.17, 15) is 4.79 Å². The van der Waals surface area contributed by atoms with E-state index in [-0.39, 0.29) is 30.2 Å². The fraction of sp³-hybridized carbons (Fsp3) is 0.500. The minimum atomic E-state index is -0.0800. The van der Waals surface area contributed by atoms with Gasteiger partial charge in [-0.05, 0) is 62.0 Å². The molecular formula is C18H22Cl3N5O. The zero-order valence-electron chi connectivity index (χ0n) is 14.9. The molecule has 1 aromatic heterocycles. The molecule has 4 rings (SSSR count). The van der Waals surface area contributed by atoms with E-state index < -0.39 is 0 Å². The second-order valence-electron chi connectivity index (χ2n) is 7.08. The van der Waals surface area contributed by atoms with Crippen LogP contribution in [0.15, 0.2) is 18.2 Å². The number of nitrogens with one attached hydrogen (secondary N) is 2. The number of halogens is 3. The van der Waals surface area contributed by atoms with Gasteiger partial charge in [0.05, 0.1) is 0 Å². The third kappa shape index (κ3) is 4.57. The van der Waals surface area contributed by atoms with Gasteiger partial charge in [0.1, 0.15) is 0 Å². The first kappa shape index (κ1) is 20.4. The second kappa shape index (κ2) is 8.35. The maximum atomic E-state index is 12.6. The molecule has 1 saturated carbocycles. The quantitative estimate of drug-likeness (QED) is 0.775. The van der Waals surface area contributed by atoms with Crippen molar-refractivity contribution in [2.45, 2.75) is 31.1 Å². The highest BCUT2D eigenvalue weighted by atomic mass is 35.5. The van der Waals surface area contributed by atoms with Crippen molar-refractivity contribution in [3.05, 3.63) is 39.6 Å². The first-order valence-electron chi connectivity index (χ1n) is 8.90. The molecule has 2 fully saturated rings. The van der Waals surface area contributed by atoms with E-state index in [1.807, 2.05) is 19.2 Å². The number of carbonyl (C=O) groups excluding carboxylic acids is 1. The molecule has 2 atom stereocenters. The van der Waals surface area contributed by atoms with Crippen LogP contribution in [-0.2, 0) is 11.8 Å². The highest BCUT2D eigenvalue weighted by Gasteiger charge is 2.44. The summed E-state index contributed by atoms with van der Waals surface area (Å²) in [5.74, 6) is 1.73. The lowest BCUT2D eigenvalue weighted by Gasteiger charge is -2.19. The molecule has 1 amide bonds.